The maximum absolute atomic E-state index is 12.8. The fourth-order valence-electron chi connectivity index (χ4n) is 4.03. The molecular weight excluding hydrogens is 376 g/mol. The Labute approximate surface area is 171 Å². The summed E-state index contributed by atoms with van der Waals surface area (Å²) in [7, 11) is 0. The molecule has 0 aromatic heterocycles. The van der Waals surface area contributed by atoms with Gasteiger partial charge >= 0.3 is 0 Å². The summed E-state index contributed by atoms with van der Waals surface area (Å²) in [6.45, 7) is 8.72. The van der Waals surface area contributed by atoms with E-state index in [4.69, 9.17) is 11.6 Å². The molecule has 0 unspecified atom stereocenters. The Morgan fingerprint density at radius 1 is 1.07 bits per heavy atom. The first-order chi connectivity index (χ1) is 12.6. The van der Waals surface area contributed by atoms with E-state index in [1.165, 1.54) is 0 Å². The molecule has 0 saturated carbocycles. The molecule has 3 rings (SSSR count). The molecule has 1 fully saturated rings. The third-order valence-corrected chi connectivity index (χ3v) is 6.20. The predicted octanol–water partition coefficient (Wildman–Crippen LogP) is 5.53. The second-order valence-electron chi connectivity index (χ2n) is 8.53. The number of nitrogens with one attached hydrogen (secondary N) is 2. The van der Waals surface area contributed by atoms with Crippen molar-refractivity contribution >= 4 is 29.3 Å². The Morgan fingerprint density at radius 3 is 2.30 bits per heavy atom. The van der Waals surface area contributed by atoms with E-state index in [1.807, 2.05) is 42.5 Å². The molecule has 1 amide bonds. The highest BCUT2D eigenvalue weighted by Gasteiger charge is 2.38. The van der Waals surface area contributed by atoms with Gasteiger partial charge in [0.1, 0.15) is 0 Å². The molecule has 0 radical (unpaired) electrons. The Bertz CT molecular complexity index is 804. The zero-order valence-corrected chi connectivity index (χ0v) is 17.9. The van der Waals surface area contributed by atoms with Crippen molar-refractivity contribution in [3.63, 3.8) is 0 Å². The molecular formula is C22H27ClN2OS. The van der Waals surface area contributed by atoms with Gasteiger partial charge in [0.2, 0.25) is 0 Å². The van der Waals surface area contributed by atoms with Gasteiger partial charge in [-0.25, -0.2) is 0 Å². The zero-order valence-electron chi connectivity index (χ0n) is 16.3. The monoisotopic (exact) mass is 402 g/mol. The Kier molecular flexibility index (Phi) is 5.90. The van der Waals surface area contributed by atoms with Gasteiger partial charge in [0, 0.05) is 32.5 Å². The molecule has 0 bridgehead atoms. The molecule has 1 saturated heterocycles. The van der Waals surface area contributed by atoms with Crippen molar-refractivity contribution in [2.75, 3.05) is 0 Å². The van der Waals surface area contributed by atoms with Crippen LogP contribution in [0.5, 0.6) is 0 Å². The summed E-state index contributed by atoms with van der Waals surface area (Å²) in [6.07, 6.45) is 1.80. The number of piperidine rings is 1. The van der Waals surface area contributed by atoms with Crippen LogP contribution >= 0.6 is 23.4 Å². The third kappa shape index (κ3) is 5.50. The highest BCUT2D eigenvalue weighted by Crippen LogP contribution is 2.34. The number of rotatable bonds is 4. The molecule has 5 heteroatoms. The summed E-state index contributed by atoms with van der Waals surface area (Å²) in [5, 5.41) is 7.44. The summed E-state index contributed by atoms with van der Waals surface area (Å²) >= 11 is 8.04. The lowest BCUT2D eigenvalue weighted by molar-refractivity contribution is 0.0873. The van der Waals surface area contributed by atoms with Crippen LogP contribution in [0.25, 0.3) is 0 Å². The Hall–Kier alpha value is -1.49. The highest BCUT2D eigenvalue weighted by atomic mass is 35.5. The van der Waals surface area contributed by atoms with E-state index in [-0.39, 0.29) is 23.0 Å². The van der Waals surface area contributed by atoms with Crippen molar-refractivity contribution in [1.82, 2.24) is 10.6 Å². The van der Waals surface area contributed by atoms with Crippen molar-refractivity contribution in [3.05, 3.63) is 59.1 Å². The molecule has 3 nitrogen and oxygen atoms in total. The summed E-state index contributed by atoms with van der Waals surface area (Å²) in [6, 6.07) is 15.8. The van der Waals surface area contributed by atoms with Crippen LogP contribution in [-0.2, 0) is 0 Å². The molecule has 2 aromatic carbocycles. The maximum Gasteiger partial charge on any atom is 0.251 e. The van der Waals surface area contributed by atoms with Crippen molar-refractivity contribution < 1.29 is 4.79 Å². The van der Waals surface area contributed by atoms with Gasteiger partial charge in [0.15, 0.2) is 0 Å². The molecule has 2 aromatic rings. The summed E-state index contributed by atoms with van der Waals surface area (Å²) in [5.41, 5.74) is 0.590. The minimum atomic E-state index is -0.0633. The molecule has 27 heavy (non-hydrogen) atoms. The van der Waals surface area contributed by atoms with E-state index in [0.717, 1.165) is 22.6 Å². The van der Waals surface area contributed by atoms with Crippen LogP contribution in [-0.4, -0.2) is 23.0 Å². The van der Waals surface area contributed by atoms with Gasteiger partial charge < -0.3 is 10.6 Å². The van der Waals surface area contributed by atoms with Gasteiger partial charge in [0.25, 0.3) is 5.91 Å². The SMILES string of the molecule is CC1(C)CC(NC(=O)c2ccc(Sc3ccccc3)c(Cl)c2)CC(C)(C)N1. The van der Waals surface area contributed by atoms with Crippen LogP contribution in [0.2, 0.25) is 5.02 Å². The van der Waals surface area contributed by atoms with Gasteiger partial charge in [-0.15, -0.1) is 0 Å². The van der Waals surface area contributed by atoms with Crippen LogP contribution in [0.1, 0.15) is 50.9 Å². The topological polar surface area (TPSA) is 41.1 Å². The van der Waals surface area contributed by atoms with E-state index in [0.29, 0.717) is 10.6 Å². The first-order valence-electron chi connectivity index (χ1n) is 9.26. The van der Waals surface area contributed by atoms with Crippen LogP contribution in [0.15, 0.2) is 58.3 Å². The second kappa shape index (κ2) is 7.86. The van der Waals surface area contributed by atoms with Crippen LogP contribution in [0.3, 0.4) is 0 Å². The average Bonchev–Trinajstić information content (AvgIpc) is 2.54. The smallest absolute Gasteiger partial charge is 0.251 e. The van der Waals surface area contributed by atoms with E-state index < -0.39 is 0 Å². The zero-order chi connectivity index (χ0) is 19.7. The van der Waals surface area contributed by atoms with Crippen LogP contribution < -0.4 is 10.6 Å². The van der Waals surface area contributed by atoms with Crippen molar-refractivity contribution in [2.45, 2.75) is 67.4 Å². The van der Waals surface area contributed by atoms with E-state index in [1.54, 1.807) is 17.8 Å². The predicted molar refractivity (Wildman–Crippen MR) is 114 cm³/mol. The minimum absolute atomic E-state index is 0.00643. The van der Waals surface area contributed by atoms with E-state index in [2.05, 4.69) is 38.3 Å². The summed E-state index contributed by atoms with van der Waals surface area (Å²) in [5.74, 6) is -0.0633. The molecule has 144 valence electrons. The fourth-order valence-corrected chi connectivity index (χ4v) is 5.17. The first kappa shape index (κ1) is 20.2. The van der Waals surface area contributed by atoms with Crippen molar-refractivity contribution in [1.29, 1.82) is 0 Å². The van der Waals surface area contributed by atoms with Crippen LogP contribution in [0, 0.1) is 0 Å². The minimum Gasteiger partial charge on any atom is -0.349 e. The summed E-state index contributed by atoms with van der Waals surface area (Å²) < 4.78 is 0. The van der Waals surface area contributed by atoms with E-state index >= 15 is 0 Å². The maximum atomic E-state index is 12.8. The number of benzene rings is 2. The molecule has 1 aliphatic heterocycles. The number of hydrogen-bond donors (Lipinski definition) is 2. The Morgan fingerprint density at radius 2 is 1.70 bits per heavy atom. The quantitative estimate of drug-likeness (QED) is 0.706. The van der Waals surface area contributed by atoms with Gasteiger partial charge in [-0.3, -0.25) is 4.79 Å². The molecule has 1 heterocycles. The molecule has 0 atom stereocenters. The van der Waals surface area contributed by atoms with Gasteiger partial charge in [-0.2, -0.15) is 0 Å². The third-order valence-electron chi connectivity index (χ3n) is 4.69. The van der Waals surface area contributed by atoms with Gasteiger partial charge in [-0.05, 0) is 70.9 Å². The fraction of sp³-hybridized carbons (Fsp3) is 0.409. The van der Waals surface area contributed by atoms with Gasteiger partial charge in [-0.1, -0.05) is 41.6 Å². The lowest BCUT2D eigenvalue weighted by Crippen LogP contribution is -2.62. The number of carbonyl (C=O) groups is 1. The van der Waals surface area contributed by atoms with Gasteiger partial charge in [0.05, 0.1) is 5.02 Å². The van der Waals surface area contributed by atoms with E-state index in [9.17, 15) is 4.79 Å². The van der Waals surface area contributed by atoms with Crippen molar-refractivity contribution in [3.8, 4) is 0 Å². The highest BCUT2D eigenvalue weighted by molar-refractivity contribution is 7.99. The first-order valence-corrected chi connectivity index (χ1v) is 10.5. The summed E-state index contributed by atoms with van der Waals surface area (Å²) in [4.78, 5) is 14.8. The number of amides is 1. The second-order valence-corrected chi connectivity index (χ2v) is 10.1. The normalized spacial score (nSPS) is 18.9. The van der Waals surface area contributed by atoms with Crippen molar-refractivity contribution in [2.24, 2.45) is 0 Å². The molecule has 2 N–H and O–H groups in total. The largest absolute Gasteiger partial charge is 0.349 e. The number of carbonyl (C=O) groups excluding carboxylic acids is 1. The molecule has 1 aliphatic rings. The lowest BCUT2D eigenvalue weighted by atomic mass is 9.79. The molecule has 0 aliphatic carbocycles. The lowest BCUT2D eigenvalue weighted by Gasteiger charge is -2.46. The number of hydrogen-bond acceptors (Lipinski definition) is 3. The number of halogens is 1. The molecule has 0 spiro atoms. The standard InChI is InChI=1S/C22H27ClN2OS/c1-21(2)13-16(14-22(3,4)25-21)24-20(26)15-10-11-19(18(23)12-15)27-17-8-6-5-7-9-17/h5-12,16,25H,13-14H2,1-4H3,(H,24,26). The van der Waals surface area contributed by atoms with Crippen LogP contribution in [0.4, 0.5) is 0 Å². The average molecular weight is 403 g/mol. The Balaban J connectivity index is 1.69.